The van der Waals surface area contributed by atoms with E-state index in [1.165, 1.54) is 17.0 Å². The second-order valence-electron chi connectivity index (χ2n) is 10.6. The fourth-order valence-electron chi connectivity index (χ4n) is 4.92. The van der Waals surface area contributed by atoms with Crippen molar-refractivity contribution in [3.05, 3.63) is 125 Å². The van der Waals surface area contributed by atoms with Crippen LogP contribution in [-0.2, 0) is 6.61 Å². The average Bonchev–Trinajstić information content (AvgIpc) is 3.00. The molecule has 0 saturated carbocycles. The Hall–Kier alpha value is -4.54. The van der Waals surface area contributed by atoms with Crippen LogP contribution < -0.4 is 15.0 Å². The molecule has 0 unspecified atom stereocenters. The molecule has 5 aromatic rings. The number of aromatic nitrogens is 2. The molecule has 0 atom stereocenters. The van der Waals surface area contributed by atoms with Crippen molar-refractivity contribution in [2.75, 3.05) is 6.61 Å². The van der Waals surface area contributed by atoms with E-state index in [1.54, 1.807) is 48.5 Å². The molecule has 0 bridgehead atoms. The highest BCUT2D eigenvalue weighted by Crippen LogP contribution is 2.36. The molecule has 230 valence electrons. The lowest BCUT2D eigenvalue weighted by Gasteiger charge is -2.18. The van der Waals surface area contributed by atoms with E-state index in [4.69, 9.17) is 26.1 Å². The van der Waals surface area contributed by atoms with E-state index in [0.29, 0.717) is 44.0 Å². The molecule has 4 aromatic carbocycles. The molecule has 0 aliphatic rings. The Kier molecular flexibility index (Phi) is 9.65. The number of nitrogens with zero attached hydrogens (tertiary/aromatic N) is 4. The van der Waals surface area contributed by atoms with Crippen LogP contribution in [0.4, 0.5) is 5.69 Å². The quantitative estimate of drug-likeness (QED) is 0.0825. The number of halogens is 2. The van der Waals surface area contributed by atoms with E-state index < -0.39 is 4.92 Å². The van der Waals surface area contributed by atoms with Crippen LogP contribution in [0.2, 0.25) is 5.02 Å². The Morgan fingerprint density at radius 1 is 1.09 bits per heavy atom. The zero-order chi connectivity index (χ0) is 32.2. The van der Waals surface area contributed by atoms with E-state index in [0.717, 1.165) is 22.4 Å². The molecule has 0 aliphatic heterocycles. The highest BCUT2D eigenvalue weighted by molar-refractivity contribution is 9.10. The molecule has 0 fully saturated rings. The molecule has 0 spiro atoms. The smallest absolute Gasteiger partial charge is 0.312 e. The van der Waals surface area contributed by atoms with Crippen molar-refractivity contribution in [1.82, 2.24) is 9.66 Å². The first-order chi connectivity index (χ1) is 21.6. The SMILES string of the molecule is CCOc1cc(C)c(-c2nc3ccccc3c(=O)n2N=Cc2cc(Br)cc([N+](=O)[O-])c2OCc2ccc(Cl)cc2)cc1C(C)C. The van der Waals surface area contributed by atoms with Gasteiger partial charge in [-0.3, -0.25) is 14.9 Å². The van der Waals surface area contributed by atoms with Crippen LogP contribution in [0, 0.1) is 17.0 Å². The van der Waals surface area contributed by atoms with Crippen LogP contribution in [0.25, 0.3) is 22.3 Å². The Morgan fingerprint density at radius 3 is 2.51 bits per heavy atom. The van der Waals surface area contributed by atoms with Crippen LogP contribution in [0.3, 0.4) is 0 Å². The van der Waals surface area contributed by atoms with Gasteiger partial charge in [-0.25, -0.2) is 4.98 Å². The Morgan fingerprint density at radius 2 is 1.82 bits per heavy atom. The van der Waals surface area contributed by atoms with Gasteiger partial charge in [0.05, 0.1) is 28.6 Å². The Bertz CT molecular complexity index is 1990. The molecule has 0 amide bonds. The maximum Gasteiger partial charge on any atom is 0.312 e. The number of aryl methyl sites for hydroxylation is 1. The molecule has 11 heteroatoms. The molecule has 0 radical (unpaired) electrons. The second kappa shape index (κ2) is 13.6. The summed E-state index contributed by atoms with van der Waals surface area (Å²) in [4.78, 5) is 30.3. The molecule has 0 saturated heterocycles. The summed E-state index contributed by atoms with van der Waals surface area (Å²) >= 11 is 9.37. The molecule has 9 nitrogen and oxygen atoms in total. The van der Waals surface area contributed by atoms with Crippen molar-refractivity contribution in [2.45, 2.75) is 40.2 Å². The molecular weight excluding hydrogens is 660 g/mol. The summed E-state index contributed by atoms with van der Waals surface area (Å²) in [6.07, 6.45) is 1.38. The first-order valence-corrected chi connectivity index (χ1v) is 15.4. The van der Waals surface area contributed by atoms with Gasteiger partial charge in [-0.1, -0.05) is 65.6 Å². The lowest BCUT2D eigenvalue weighted by molar-refractivity contribution is -0.386. The first-order valence-electron chi connectivity index (χ1n) is 14.3. The fraction of sp³-hybridized carbons (Fsp3) is 0.206. The van der Waals surface area contributed by atoms with E-state index in [-0.39, 0.29) is 29.5 Å². The van der Waals surface area contributed by atoms with Gasteiger partial charge in [0.2, 0.25) is 5.75 Å². The molecule has 0 N–H and O–H groups in total. The number of rotatable bonds is 10. The number of hydrogen-bond donors (Lipinski definition) is 0. The number of nitro groups is 1. The van der Waals surface area contributed by atoms with Crippen molar-refractivity contribution in [3.8, 4) is 22.9 Å². The highest BCUT2D eigenvalue weighted by Gasteiger charge is 2.22. The van der Waals surface area contributed by atoms with Gasteiger partial charge in [-0.05, 0) is 78.9 Å². The lowest BCUT2D eigenvalue weighted by Crippen LogP contribution is -2.21. The number of benzene rings is 4. The van der Waals surface area contributed by atoms with Gasteiger partial charge >= 0.3 is 5.69 Å². The van der Waals surface area contributed by atoms with Gasteiger partial charge in [0.15, 0.2) is 5.82 Å². The monoisotopic (exact) mass is 688 g/mol. The minimum atomic E-state index is -0.523. The Labute approximate surface area is 273 Å². The number of para-hydroxylation sites is 1. The summed E-state index contributed by atoms with van der Waals surface area (Å²) in [5, 5.41) is 17.6. The van der Waals surface area contributed by atoms with Crippen LogP contribution >= 0.6 is 27.5 Å². The fourth-order valence-corrected chi connectivity index (χ4v) is 5.51. The van der Waals surface area contributed by atoms with Crippen LogP contribution in [0.5, 0.6) is 11.5 Å². The zero-order valence-corrected chi connectivity index (χ0v) is 27.4. The molecule has 1 heterocycles. The summed E-state index contributed by atoms with van der Waals surface area (Å²) in [5.41, 5.74) is 3.46. The van der Waals surface area contributed by atoms with Gasteiger partial charge in [-0.2, -0.15) is 9.78 Å². The lowest BCUT2D eigenvalue weighted by atomic mass is 9.96. The number of fused-ring (bicyclic) bond motifs is 1. The number of nitro benzene ring substituents is 1. The third-order valence-electron chi connectivity index (χ3n) is 7.14. The number of ether oxygens (including phenoxy) is 2. The molecule has 5 rings (SSSR count). The van der Waals surface area contributed by atoms with Crippen molar-refractivity contribution in [3.63, 3.8) is 0 Å². The largest absolute Gasteiger partial charge is 0.494 e. The Balaban J connectivity index is 1.69. The third kappa shape index (κ3) is 6.92. The van der Waals surface area contributed by atoms with E-state index in [1.807, 2.05) is 32.0 Å². The predicted octanol–water partition coefficient (Wildman–Crippen LogP) is 8.68. The van der Waals surface area contributed by atoms with E-state index in [9.17, 15) is 14.9 Å². The van der Waals surface area contributed by atoms with Gasteiger partial charge in [0.1, 0.15) is 12.4 Å². The van der Waals surface area contributed by atoms with E-state index >= 15 is 0 Å². The van der Waals surface area contributed by atoms with Crippen LogP contribution in [-0.4, -0.2) is 27.4 Å². The van der Waals surface area contributed by atoms with Gasteiger partial charge in [0, 0.05) is 26.7 Å². The van der Waals surface area contributed by atoms with Crippen molar-refractivity contribution < 1.29 is 14.4 Å². The highest BCUT2D eigenvalue weighted by atomic mass is 79.9. The van der Waals surface area contributed by atoms with Gasteiger partial charge < -0.3 is 9.47 Å². The standard InChI is InChI=1S/C34H30BrClN4O5/c1-5-44-31-14-21(4)28(17-27(31)20(2)3)33-38-29-9-7-6-8-26(29)34(41)39(33)37-18-23-15-24(35)16-30(40(42)43)32(23)45-19-22-10-12-25(36)13-11-22/h6-18,20H,5,19H2,1-4H3. The topological polar surface area (TPSA) is 109 Å². The third-order valence-corrected chi connectivity index (χ3v) is 7.85. The zero-order valence-electron chi connectivity index (χ0n) is 25.1. The normalized spacial score (nSPS) is 11.4. The second-order valence-corrected chi connectivity index (χ2v) is 12.0. The van der Waals surface area contributed by atoms with Crippen molar-refractivity contribution in [1.29, 1.82) is 0 Å². The summed E-state index contributed by atoms with van der Waals surface area (Å²) in [6.45, 7) is 8.57. The maximum absolute atomic E-state index is 13.9. The molecule has 1 aromatic heterocycles. The minimum Gasteiger partial charge on any atom is -0.494 e. The van der Waals surface area contributed by atoms with Gasteiger partial charge in [0.25, 0.3) is 5.56 Å². The predicted molar refractivity (Wildman–Crippen MR) is 181 cm³/mol. The summed E-state index contributed by atoms with van der Waals surface area (Å²) in [7, 11) is 0. The van der Waals surface area contributed by atoms with Crippen molar-refractivity contribution >= 4 is 50.3 Å². The average molecular weight is 690 g/mol. The van der Waals surface area contributed by atoms with Gasteiger partial charge in [-0.15, -0.1) is 0 Å². The molecular formula is C34H30BrClN4O5. The van der Waals surface area contributed by atoms with Crippen LogP contribution in [0.1, 0.15) is 48.9 Å². The molecule has 0 aliphatic carbocycles. The maximum atomic E-state index is 13.9. The minimum absolute atomic E-state index is 0.00425. The number of hydrogen-bond acceptors (Lipinski definition) is 7. The van der Waals surface area contributed by atoms with Crippen molar-refractivity contribution in [2.24, 2.45) is 5.10 Å². The summed E-state index contributed by atoms with van der Waals surface area (Å²) in [6, 6.07) is 21.0. The summed E-state index contributed by atoms with van der Waals surface area (Å²) in [5.74, 6) is 1.24. The first kappa shape index (κ1) is 31.9. The summed E-state index contributed by atoms with van der Waals surface area (Å²) < 4.78 is 13.6. The molecule has 45 heavy (non-hydrogen) atoms. The van der Waals surface area contributed by atoms with E-state index in [2.05, 4.69) is 34.9 Å². The van der Waals surface area contributed by atoms with Crippen LogP contribution in [0.15, 0.2) is 87.2 Å².